The molecular formula is C11H8BrIN4OS. The first-order valence-corrected chi connectivity index (χ1v) is 7.36. The fourth-order valence-electron chi connectivity index (χ4n) is 1.42. The molecule has 0 saturated heterocycles. The second-order valence-corrected chi connectivity index (χ2v) is 6.14. The van der Waals surface area contributed by atoms with E-state index in [2.05, 4.69) is 54.0 Å². The maximum absolute atomic E-state index is 12.2. The Bertz CT molecular complexity index is 658. The molecule has 8 heteroatoms. The molecule has 0 bridgehead atoms. The van der Waals surface area contributed by atoms with Gasteiger partial charge in [0.25, 0.3) is 5.91 Å². The molecule has 0 spiro atoms. The number of nitrogens with two attached hydrogens (primary N) is 1. The van der Waals surface area contributed by atoms with Crippen molar-refractivity contribution in [1.29, 1.82) is 0 Å². The summed E-state index contributed by atoms with van der Waals surface area (Å²) in [5.41, 5.74) is 6.57. The molecule has 19 heavy (non-hydrogen) atoms. The van der Waals surface area contributed by atoms with Crippen LogP contribution in [0.1, 0.15) is 15.9 Å². The summed E-state index contributed by atoms with van der Waals surface area (Å²) >= 11 is 10.4. The molecule has 2 aromatic rings. The third-order valence-corrected chi connectivity index (χ3v) is 3.90. The molecule has 0 fully saturated rings. The van der Waals surface area contributed by atoms with Gasteiger partial charge in [0.05, 0.1) is 17.3 Å². The number of benzene rings is 1. The van der Waals surface area contributed by atoms with E-state index in [4.69, 9.17) is 18.0 Å². The van der Waals surface area contributed by atoms with Crippen molar-refractivity contribution >= 4 is 67.5 Å². The van der Waals surface area contributed by atoms with Gasteiger partial charge in [0.15, 0.2) is 0 Å². The maximum Gasteiger partial charge on any atom is 0.258 e. The number of hydrogen-bond donors (Lipinski definition) is 3. The minimum atomic E-state index is -0.271. The topological polar surface area (TPSA) is 83.8 Å². The molecular weight excluding hydrogens is 443 g/mol. The molecule has 4 N–H and O–H groups in total. The van der Waals surface area contributed by atoms with Gasteiger partial charge in [0.2, 0.25) is 0 Å². The van der Waals surface area contributed by atoms with Crippen LogP contribution in [-0.2, 0) is 0 Å². The minimum Gasteiger partial charge on any atom is -0.389 e. The fourth-order valence-corrected chi connectivity index (χ4v) is 2.49. The summed E-state index contributed by atoms with van der Waals surface area (Å²) in [4.78, 5) is 12.4. The van der Waals surface area contributed by atoms with Crippen LogP contribution in [0.4, 0.5) is 5.82 Å². The van der Waals surface area contributed by atoms with Crippen molar-refractivity contribution in [1.82, 2.24) is 10.2 Å². The summed E-state index contributed by atoms with van der Waals surface area (Å²) < 4.78 is 1.67. The Morgan fingerprint density at radius 3 is 2.89 bits per heavy atom. The van der Waals surface area contributed by atoms with Gasteiger partial charge >= 0.3 is 0 Å². The maximum atomic E-state index is 12.2. The fraction of sp³-hybridized carbons (Fsp3) is 0. The van der Waals surface area contributed by atoms with Crippen molar-refractivity contribution in [3.63, 3.8) is 0 Å². The lowest BCUT2D eigenvalue weighted by Crippen LogP contribution is -2.17. The van der Waals surface area contributed by atoms with Crippen molar-refractivity contribution in [2.24, 2.45) is 5.73 Å². The number of hydrogen-bond acceptors (Lipinski definition) is 3. The van der Waals surface area contributed by atoms with Crippen molar-refractivity contribution < 1.29 is 4.79 Å². The van der Waals surface area contributed by atoms with Gasteiger partial charge in [-0.05, 0) is 56.7 Å². The summed E-state index contributed by atoms with van der Waals surface area (Å²) in [7, 11) is 0. The van der Waals surface area contributed by atoms with E-state index in [0.29, 0.717) is 21.4 Å². The van der Waals surface area contributed by atoms with E-state index in [1.165, 1.54) is 6.20 Å². The summed E-state index contributed by atoms with van der Waals surface area (Å²) in [5, 5.41) is 9.16. The Kier molecular flexibility index (Phi) is 4.53. The number of carbonyl (C=O) groups excluding carboxylic acids is 1. The van der Waals surface area contributed by atoms with Gasteiger partial charge in [-0.25, -0.2) is 0 Å². The number of nitrogens with one attached hydrogen (secondary N) is 2. The molecule has 5 nitrogen and oxygen atoms in total. The average Bonchev–Trinajstić information content (AvgIpc) is 2.80. The summed E-state index contributed by atoms with van der Waals surface area (Å²) in [5.74, 6) is 0.121. The van der Waals surface area contributed by atoms with Crippen molar-refractivity contribution in [3.8, 4) is 0 Å². The highest BCUT2D eigenvalue weighted by atomic mass is 127. The first-order chi connectivity index (χ1) is 8.99. The van der Waals surface area contributed by atoms with Crippen LogP contribution in [0, 0.1) is 3.57 Å². The molecule has 1 aromatic heterocycles. The number of halogens is 2. The van der Waals surface area contributed by atoms with E-state index < -0.39 is 0 Å². The van der Waals surface area contributed by atoms with E-state index in [-0.39, 0.29) is 10.9 Å². The predicted octanol–water partition coefficient (Wildman–Crippen LogP) is 2.66. The summed E-state index contributed by atoms with van der Waals surface area (Å²) in [6.45, 7) is 0. The Morgan fingerprint density at radius 1 is 1.47 bits per heavy atom. The van der Waals surface area contributed by atoms with Gasteiger partial charge in [-0.3, -0.25) is 9.89 Å². The molecule has 0 atom stereocenters. The Hall–Kier alpha value is -1.000. The molecule has 0 unspecified atom stereocenters. The highest BCUT2D eigenvalue weighted by Crippen LogP contribution is 2.21. The number of aromatic nitrogens is 2. The van der Waals surface area contributed by atoms with Crippen LogP contribution in [0.3, 0.4) is 0 Å². The lowest BCUT2D eigenvalue weighted by Gasteiger charge is -2.07. The average molecular weight is 451 g/mol. The third kappa shape index (κ3) is 3.31. The van der Waals surface area contributed by atoms with Gasteiger partial charge < -0.3 is 11.1 Å². The molecule has 98 valence electrons. The van der Waals surface area contributed by atoms with Gasteiger partial charge in [0.1, 0.15) is 10.8 Å². The monoisotopic (exact) mass is 450 g/mol. The van der Waals surface area contributed by atoms with Crippen LogP contribution in [0.25, 0.3) is 0 Å². The molecule has 1 heterocycles. The van der Waals surface area contributed by atoms with Crippen LogP contribution in [0.5, 0.6) is 0 Å². The van der Waals surface area contributed by atoms with E-state index in [9.17, 15) is 4.79 Å². The number of anilines is 1. The van der Waals surface area contributed by atoms with Crippen molar-refractivity contribution in [3.05, 3.63) is 43.6 Å². The molecule has 0 aliphatic rings. The number of amides is 1. The second-order valence-electron chi connectivity index (χ2n) is 3.60. The zero-order chi connectivity index (χ0) is 14.0. The predicted molar refractivity (Wildman–Crippen MR) is 89.3 cm³/mol. The number of thiocarbonyl (C=S) groups is 1. The van der Waals surface area contributed by atoms with Crippen LogP contribution >= 0.6 is 50.7 Å². The molecule has 0 aliphatic carbocycles. The molecule has 1 amide bonds. The first-order valence-electron chi connectivity index (χ1n) is 5.08. The molecule has 0 saturated carbocycles. The SMILES string of the molecule is NC(=S)c1cn[nH]c1NC(=O)c1cc(I)ccc1Br. The summed E-state index contributed by atoms with van der Waals surface area (Å²) in [6.07, 6.45) is 1.47. The second kappa shape index (κ2) is 5.97. The smallest absolute Gasteiger partial charge is 0.258 e. The van der Waals surface area contributed by atoms with Gasteiger partial charge in [-0.2, -0.15) is 5.10 Å². The van der Waals surface area contributed by atoms with Crippen LogP contribution < -0.4 is 11.1 Å². The van der Waals surface area contributed by atoms with E-state index in [1.807, 2.05) is 12.1 Å². The highest BCUT2D eigenvalue weighted by molar-refractivity contribution is 14.1. The highest BCUT2D eigenvalue weighted by Gasteiger charge is 2.15. The lowest BCUT2D eigenvalue weighted by molar-refractivity contribution is 0.102. The Morgan fingerprint density at radius 2 is 2.21 bits per heavy atom. The van der Waals surface area contributed by atoms with Gasteiger partial charge in [-0.15, -0.1) is 0 Å². The molecule has 0 aliphatic heterocycles. The normalized spacial score (nSPS) is 10.2. The number of carbonyl (C=O) groups is 1. The molecule has 0 radical (unpaired) electrons. The van der Waals surface area contributed by atoms with E-state index >= 15 is 0 Å². The van der Waals surface area contributed by atoms with E-state index in [1.54, 1.807) is 6.07 Å². The standard InChI is InChI=1S/C11H8BrIN4OS/c12-8-2-1-5(13)3-6(8)11(18)16-10-7(9(14)19)4-15-17-10/h1-4H,(H2,14,19)(H2,15,16,17,18). The largest absolute Gasteiger partial charge is 0.389 e. The third-order valence-electron chi connectivity index (χ3n) is 2.32. The van der Waals surface area contributed by atoms with E-state index in [0.717, 1.165) is 3.57 Å². The van der Waals surface area contributed by atoms with Crippen molar-refractivity contribution in [2.75, 3.05) is 5.32 Å². The van der Waals surface area contributed by atoms with Crippen LogP contribution in [0.2, 0.25) is 0 Å². The van der Waals surface area contributed by atoms with Crippen LogP contribution in [-0.4, -0.2) is 21.1 Å². The quantitative estimate of drug-likeness (QED) is 0.495. The zero-order valence-corrected chi connectivity index (χ0v) is 14.0. The first kappa shape index (κ1) is 14.4. The molecule has 1 aromatic carbocycles. The number of nitrogens with zero attached hydrogens (tertiary/aromatic N) is 1. The summed E-state index contributed by atoms with van der Waals surface area (Å²) in [6, 6.07) is 5.49. The van der Waals surface area contributed by atoms with Gasteiger partial charge in [-0.1, -0.05) is 12.2 Å². The van der Waals surface area contributed by atoms with Gasteiger partial charge in [0, 0.05) is 8.04 Å². The number of H-pyrrole nitrogens is 1. The van der Waals surface area contributed by atoms with Crippen LogP contribution in [0.15, 0.2) is 28.9 Å². The minimum absolute atomic E-state index is 0.172. The number of rotatable bonds is 3. The Balaban J connectivity index is 2.28. The Labute approximate surface area is 136 Å². The number of aromatic amines is 1. The zero-order valence-electron chi connectivity index (χ0n) is 9.41. The van der Waals surface area contributed by atoms with Crippen molar-refractivity contribution in [2.45, 2.75) is 0 Å². The lowest BCUT2D eigenvalue weighted by atomic mass is 10.2. The molecule has 2 rings (SSSR count).